The third-order valence-corrected chi connectivity index (χ3v) is 5.03. The highest BCUT2D eigenvalue weighted by Gasteiger charge is 2.33. The van der Waals surface area contributed by atoms with Crippen LogP contribution >= 0.6 is 0 Å². The van der Waals surface area contributed by atoms with Gasteiger partial charge in [-0.1, -0.05) is 5.16 Å². The van der Waals surface area contributed by atoms with Crippen molar-refractivity contribution < 1.29 is 22.8 Å². The van der Waals surface area contributed by atoms with Crippen LogP contribution in [0.1, 0.15) is 53.2 Å². The van der Waals surface area contributed by atoms with Crippen molar-refractivity contribution in [1.82, 2.24) is 15.0 Å². The third-order valence-electron chi connectivity index (χ3n) is 5.03. The molecule has 1 aromatic carbocycles. The predicted molar refractivity (Wildman–Crippen MR) is 86.7 cm³/mol. The van der Waals surface area contributed by atoms with Crippen molar-refractivity contribution in [2.45, 2.75) is 31.1 Å². The highest BCUT2D eigenvalue weighted by Crippen LogP contribution is 2.30. The number of rotatable bonds is 3. The summed E-state index contributed by atoms with van der Waals surface area (Å²) >= 11 is 0. The van der Waals surface area contributed by atoms with E-state index >= 15 is 0 Å². The molecule has 1 aromatic heterocycles. The van der Waals surface area contributed by atoms with Gasteiger partial charge in [0, 0.05) is 32.2 Å². The molecule has 2 aliphatic heterocycles. The molecule has 2 aromatic rings. The van der Waals surface area contributed by atoms with Gasteiger partial charge in [0.25, 0.3) is 5.91 Å². The molecule has 2 aliphatic rings. The summed E-state index contributed by atoms with van der Waals surface area (Å²) in [5.41, 5.74) is -0.251. The molecule has 1 amide bonds. The largest absolute Gasteiger partial charge is 0.381 e. The topological polar surface area (TPSA) is 68.5 Å². The number of likely N-dealkylation sites (tertiary alicyclic amines) is 1. The lowest BCUT2D eigenvalue weighted by molar-refractivity contribution is 0.0784. The number of nitrogens with zero attached hydrogens (tertiary/aromatic N) is 3. The zero-order valence-corrected chi connectivity index (χ0v) is 14.2. The number of ether oxygens (including phenoxy) is 1. The fourth-order valence-electron chi connectivity index (χ4n) is 3.51. The summed E-state index contributed by atoms with van der Waals surface area (Å²) < 4.78 is 37.9. The number of amides is 1. The van der Waals surface area contributed by atoms with Crippen molar-refractivity contribution in [3.8, 4) is 0 Å². The predicted octanol–water partition coefficient (Wildman–Crippen LogP) is 2.87. The molecule has 138 valence electrons. The van der Waals surface area contributed by atoms with Crippen molar-refractivity contribution in [2.24, 2.45) is 0 Å². The molecule has 3 heterocycles. The average Bonchev–Trinajstić information content (AvgIpc) is 3.33. The third kappa shape index (κ3) is 3.33. The number of halogens is 2. The van der Waals surface area contributed by atoms with Crippen molar-refractivity contribution in [3.05, 3.63) is 47.1 Å². The molecule has 0 bridgehead atoms. The van der Waals surface area contributed by atoms with Gasteiger partial charge in [-0.15, -0.1) is 0 Å². The van der Waals surface area contributed by atoms with E-state index in [4.69, 9.17) is 9.26 Å². The summed E-state index contributed by atoms with van der Waals surface area (Å²) in [5.74, 6) is -0.541. The van der Waals surface area contributed by atoms with Crippen LogP contribution in [0.25, 0.3) is 0 Å². The number of carbonyl (C=O) groups excluding carboxylic acids is 1. The second kappa shape index (κ2) is 7.11. The molecule has 0 aliphatic carbocycles. The summed E-state index contributed by atoms with van der Waals surface area (Å²) in [7, 11) is 0. The molecule has 8 heteroatoms. The van der Waals surface area contributed by atoms with Crippen molar-refractivity contribution in [3.63, 3.8) is 0 Å². The van der Waals surface area contributed by atoms with Crippen LogP contribution in [0, 0.1) is 11.6 Å². The maximum Gasteiger partial charge on any atom is 0.256 e. The Kier molecular flexibility index (Phi) is 4.67. The maximum atomic E-state index is 13.8. The summed E-state index contributed by atoms with van der Waals surface area (Å²) in [4.78, 5) is 18.5. The van der Waals surface area contributed by atoms with Gasteiger partial charge in [-0.2, -0.15) is 4.98 Å². The van der Waals surface area contributed by atoms with Crippen LogP contribution in [0.4, 0.5) is 8.78 Å². The summed E-state index contributed by atoms with van der Waals surface area (Å²) in [5, 5.41) is 4.08. The van der Waals surface area contributed by atoms with Gasteiger partial charge in [-0.3, -0.25) is 4.79 Å². The van der Waals surface area contributed by atoms with E-state index in [0.717, 1.165) is 31.0 Å². The monoisotopic (exact) mass is 363 g/mol. The summed E-state index contributed by atoms with van der Waals surface area (Å²) in [6.45, 7) is 2.18. The fraction of sp³-hybridized carbons (Fsp3) is 0.500. The second-order valence-corrected chi connectivity index (χ2v) is 6.74. The Balaban J connectivity index is 1.44. The van der Waals surface area contributed by atoms with E-state index < -0.39 is 17.5 Å². The standard InChI is InChI=1S/C18H19F2N3O3/c19-13-1-2-15(20)14(9-13)18(24)23-6-3-12(10-23)17-21-16(22-26-17)11-4-7-25-8-5-11/h1-2,9,11-12H,3-8,10H2/t12-/m0/s1. The van der Waals surface area contributed by atoms with E-state index in [1.54, 1.807) is 0 Å². The molecular formula is C18H19F2N3O3. The highest BCUT2D eigenvalue weighted by molar-refractivity contribution is 5.94. The number of carbonyl (C=O) groups is 1. The molecule has 0 spiro atoms. The Bertz CT molecular complexity index is 805. The van der Waals surface area contributed by atoms with E-state index in [1.165, 1.54) is 4.90 Å². The van der Waals surface area contributed by atoms with Crippen LogP contribution in [0.5, 0.6) is 0 Å². The Labute approximate surface area is 149 Å². The minimum Gasteiger partial charge on any atom is -0.381 e. The SMILES string of the molecule is O=C(c1cc(F)ccc1F)N1CC[C@H](c2nc(C3CCOCC3)no2)C1. The van der Waals surface area contributed by atoms with Gasteiger partial charge in [0.05, 0.1) is 11.5 Å². The van der Waals surface area contributed by atoms with Gasteiger partial charge in [0.1, 0.15) is 11.6 Å². The molecule has 2 fully saturated rings. The molecule has 0 unspecified atom stereocenters. The van der Waals surface area contributed by atoms with Gasteiger partial charge in [0.15, 0.2) is 5.82 Å². The van der Waals surface area contributed by atoms with Crippen LogP contribution in [-0.2, 0) is 4.74 Å². The molecule has 0 saturated carbocycles. The Morgan fingerprint density at radius 1 is 1.15 bits per heavy atom. The minimum atomic E-state index is -0.723. The van der Waals surface area contributed by atoms with Crippen LogP contribution < -0.4 is 0 Å². The maximum absolute atomic E-state index is 13.8. The summed E-state index contributed by atoms with van der Waals surface area (Å²) in [6, 6.07) is 2.89. The van der Waals surface area contributed by atoms with Gasteiger partial charge < -0.3 is 14.2 Å². The number of aromatic nitrogens is 2. The first-order valence-electron chi connectivity index (χ1n) is 8.77. The van der Waals surface area contributed by atoms with Crippen molar-refractivity contribution in [1.29, 1.82) is 0 Å². The van der Waals surface area contributed by atoms with E-state index in [-0.39, 0.29) is 17.4 Å². The first-order valence-corrected chi connectivity index (χ1v) is 8.77. The molecular weight excluding hydrogens is 344 g/mol. The molecule has 2 saturated heterocycles. The lowest BCUT2D eigenvalue weighted by atomic mass is 10.00. The lowest BCUT2D eigenvalue weighted by Crippen LogP contribution is -2.29. The molecule has 0 radical (unpaired) electrons. The van der Waals surface area contributed by atoms with E-state index in [0.29, 0.717) is 44.4 Å². The highest BCUT2D eigenvalue weighted by atomic mass is 19.1. The van der Waals surface area contributed by atoms with Crippen molar-refractivity contribution >= 4 is 5.91 Å². The fourth-order valence-corrected chi connectivity index (χ4v) is 3.51. The van der Waals surface area contributed by atoms with Gasteiger partial charge >= 0.3 is 0 Å². The molecule has 0 N–H and O–H groups in total. The molecule has 4 rings (SSSR count). The number of hydrogen-bond acceptors (Lipinski definition) is 5. The molecule has 1 atom stereocenters. The smallest absolute Gasteiger partial charge is 0.256 e. The molecule has 26 heavy (non-hydrogen) atoms. The summed E-state index contributed by atoms with van der Waals surface area (Å²) in [6.07, 6.45) is 2.39. The van der Waals surface area contributed by atoms with Crippen LogP contribution in [-0.4, -0.2) is 47.3 Å². The zero-order chi connectivity index (χ0) is 18.1. The average molecular weight is 363 g/mol. The minimum absolute atomic E-state index is 0.0864. The quantitative estimate of drug-likeness (QED) is 0.839. The van der Waals surface area contributed by atoms with Gasteiger partial charge in [-0.25, -0.2) is 8.78 Å². The first-order chi connectivity index (χ1) is 12.6. The molecule has 6 nitrogen and oxygen atoms in total. The van der Waals surface area contributed by atoms with Crippen LogP contribution in [0.15, 0.2) is 22.7 Å². The van der Waals surface area contributed by atoms with E-state index in [9.17, 15) is 13.6 Å². The number of hydrogen-bond donors (Lipinski definition) is 0. The Hall–Kier alpha value is -2.35. The van der Waals surface area contributed by atoms with Crippen LogP contribution in [0.2, 0.25) is 0 Å². The Morgan fingerprint density at radius 3 is 2.77 bits per heavy atom. The first kappa shape index (κ1) is 17.1. The normalized spacial score (nSPS) is 21.3. The van der Waals surface area contributed by atoms with E-state index in [2.05, 4.69) is 10.1 Å². The zero-order valence-electron chi connectivity index (χ0n) is 14.2. The number of benzene rings is 1. The Morgan fingerprint density at radius 2 is 1.96 bits per heavy atom. The van der Waals surface area contributed by atoms with Crippen molar-refractivity contribution in [2.75, 3.05) is 26.3 Å². The van der Waals surface area contributed by atoms with Gasteiger partial charge in [0.2, 0.25) is 5.89 Å². The second-order valence-electron chi connectivity index (χ2n) is 6.74. The van der Waals surface area contributed by atoms with Gasteiger partial charge in [-0.05, 0) is 37.5 Å². The lowest BCUT2D eigenvalue weighted by Gasteiger charge is -2.18. The van der Waals surface area contributed by atoms with E-state index in [1.807, 2.05) is 0 Å². The van der Waals surface area contributed by atoms with Crippen LogP contribution in [0.3, 0.4) is 0 Å².